The van der Waals surface area contributed by atoms with Crippen molar-refractivity contribution >= 4 is 17.7 Å². The van der Waals surface area contributed by atoms with E-state index in [0.29, 0.717) is 6.54 Å². The van der Waals surface area contributed by atoms with Gasteiger partial charge in [0.2, 0.25) is 5.91 Å². The second-order valence-electron chi connectivity index (χ2n) is 5.41. The minimum Gasteiger partial charge on any atom is -0.396 e. The first kappa shape index (κ1) is 15.4. The van der Waals surface area contributed by atoms with Gasteiger partial charge in [0.15, 0.2) is 0 Å². The summed E-state index contributed by atoms with van der Waals surface area (Å²) in [7, 11) is 0. The molecule has 1 aliphatic heterocycles. The molecule has 1 fully saturated rings. The van der Waals surface area contributed by atoms with Crippen LogP contribution in [0.4, 0.5) is 0 Å². The van der Waals surface area contributed by atoms with Crippen molar-refractivity contribution < 1.29 is 9.90 Å². The summed E-state index contributed by atoms with van der Waals surface area (Å²) in [6.07, 6.45) is 2.04. The van der Waals surface area contributed by atoms with Crippen LogP contribution in [0.3, 0.4) is 0 Å². The Labute approximate surface area is 125 Å². The van der Waals surface area contributed by atoms with Crippen LogP contribution in [-0.2, 0) is 10.5 Å². The highest BCUT2D eigenvalue weighted by Gasteiger charge is 2.26. The summed E-state index contributed by atoms with van der Waals surface area (Å²) >= 11 is 1.69. The van der Waals surface area contributed by atoms with E-state index in [1.54, 1.807) is 11.8 Å². The topological polar surface area (TPSA) is 40.5 Å². The number of nitrogens with zero attached hydrogens (tertiary/aromatic N) is 1. The standard InChI is InChI=1S/C16H23NO2S/c1-13(20-12-14-6-3-2-4-7-14)16(19)17-9-5-8-15(10-17)11-18/h2-4,6-7,13,15,18H,5,8-12H2,1H3. The van der Waals surface area contributed by atoms with Crippen molar-refractivity contribution in [2.24, 2.45) is 5.92 Å². The molecule has 1 amide bonds. The van der Waals surface area contributed by atoms with E-state index >= 15 is 0 Å². The molecule has 0 spiro atoms. The molecule has 3 nitrogen and oxygen atoms in total. The summed E-state index contributed by atoms with van der Waals surface area (Å²) in [6.45, 7) is 3.73. The molecular formula is C16H23NO2S. The summed E-state index contributed by atoms with van der Waals surface area (Å²) in [5.41, 5.74) is 1.25. The Morgan fingerprint density at radius 3 is 2.90 bits per heavy atom. The molecule has 1 heterocycles. The lowest BCUT2D eigenvalue weighted by Gasteiger charge is -2.33. The smallest absolute Gasteiger partial charge is 0.235 e. The highest BCUT2D eigenvalue weighted by molar-refractivity contribution is 7.99. The van der Waals surface area contributed by atoms with Crippen LogP contribution >= 0.6 is 11.8 Å². The van der Waals surface area contributed by atoms with Crippen LogP contribution in [-0.4, -0.2) is 40.9 Å². The van der Waals surface area contributed by atoms with Gasteiger partial charge in [0.1, 0.15) is 0 Å². The van der Waals surface area contributed by atoms with Crippen LogP contribution in [0.15, 0.2) is 30.3 Å². The monoisotopic (exact) mass is 293 g/mol. The number of thioether (sulfide) groups is 1. The van der Waals surface area contributed by atoms with E-state index in [9.17, 15) is 9.90 Å². The van der Waals surface area contributed by atoms with Crippen LogP contribution in [0.2, 0.25) is 0 Å². The van der Waals surface area contributed by atoms with Crippen molar-refractivity contribution in [3.63, 3.8) is 0 Å². The van der Waals surface area contributed by atoms with Gasteiger partial charge in [0, 0.05) is 25.4 Å². The average Bonchev–Trinajstić information content (AvgIpc) is 2.53. The molecule has 1 aromatic carbocycles. The zero-order valence-electron chi connectivity index (χ0n) is 12.0. The molecule has 20 heavy (non-hydrogen) atoms. The van der Waals surface area contributed by atoms with E-state index < -0.39 is 0 Å². The molecule has 1 aromatic rings. The van der Waals surface area contributed by atoms with Gasteiger partial charge in [-0.3, -0.25) is 4.79 Å². The van der Waals surface area contributed by atoms with E-state index in [0.717, 1.165) is 25.1 Å². The number of carbonyl (C=O) groups is 1. The highest BCUT2D eigenvalue weighted by Crippen LogP contribution is 2.22. The molecule has 2 rings (SSSR count). The maximum atomic E-state index is 12.4. The van der Waals surface area contributed by atoms with Gasteiger partial charge < -0.3 is 10.0 Å². The van der Waals surface area contributed by atoms with Gasteiger partial charge in [0.25, 0.3) is 0 Å². The molecule has 2 atom stereocenters. The summed E-state index contributed by atoms with van der Waals surface area (Å²) in [6, 6.07) is 10.2. The number of amides is 1. The zero-order valence-corrected chi connectivity index (χ0v) is 12.8. The summed E-state index contributed by atoms with van der Waals surface area (Å²) in [5, 5.41) is 9.22. The predicted molar refractivity (Wildman–Crippen MR) is 83.6 cm³/mol. The second-order valence-corrected chi connectivity index (χ2v) is 6.74. The average molecular weight is 293 g/mol. The number of aliphatic hydroxyl groups is 1. The molecule has 0 aliphatic carbocycles. The van der Waals surface area contributed by atoms with Crippen molar-refractivity contribution in [1.82, 2.24) is 4.90 Å². The van der Waals surface area contributed by atoms with Gasteiger partial charge in [-0.2, -0.15) is 0 Å². The number of aliphatic hydroxyl groups excluding tert-OH is 1. The van der Waals surface area contributed by atoms with Gasteiger partial charge in [-0.05, 0) is 31.2 Å². The fourth-order valence-electron chi connectivity index (χ4n) is 2.54. The fraction of sp³-hybridized carbons (Fsp3) is 0.562. The number of benzene rings is 1. The van der Waals surface area contributed by atoms with E-state index in [-0.39, 0.29) is 23.7 Å². The molecule has 110 valence electrons. The van der Waals surface area contributed by atoms with Crippen LogP contribution in [0.1, 0.15) is 25.3 Å². The first-order valence-electron chi connectivity index (χ1n) is 7.26. The van der Waals surface area contributed by atoms with Crippen LogP contribution in [0.25, 0.3) is 0 Å². The van der Waals surface area contributed by atoms with Crippen molar-refractivity contribution in [3.8, 4) is 0 Å². The normalized spacial score (nSPS) is 20.7. The van der Waals surface area contributed by atoms with Crippen molar-refractivity contribution in [2.75, 3.05) is 19.7 Å². The zero-order chi connectivity index (χ0) is 14.4. The van der Waals surface area contributed by atoms with Crippen LogP contribution in [0.5, 0.6) is 0 Å². The molecule has 1 aliphatic rings. The third-order valence-electron chi connectivity index (χ3n) is 3.78. The largest absolute Gasteiger partial charge is 0.396 e. The van der Waals surface area contributed by atoms with E-state index in [1.807, 2.05) is 30.0 Å². The lowest BCUT2D eigenvalue weighted by Crippen LogP contribution is -2.44. The quantitative estimate of drug-likeness (QED) is 0.907. The molecule has 4 heteroatoms. The van der Waals surface area contributed by atoms with Crippen LogP contribution < -0.4 is 0 Å². The number of rotatable bonds is 5. The third kappa shape index (κ3) is 4.25. The minimum atomic E-state index is -0.0207. The van der Waals surface area contributed by atoms with Crippen molar-refractivity contribution in [1.29, 1.82) is 0 Å². The maximum Gasteiger partial charge on any atom is 0.235 e. The van der Waals surface area contributed by atoms with E-state index in [1.165, 1.54) is 5.56 Å². The summed E-state index contributed by atoms with van der Waals surface area (Å²) < 4.78 is 0. The van der Waals surface area contributed by atoms with E-state index in [2.05, 4.69) is 12.1 Å². The molecule has 0 aromatic heterocycles. The Kier molecular flexibility index (Phi) is 5.92. The SMILES string of the molecule is CC(SCc1ccccc1)C(=O)N1CCCC(CO)C1. The Morgan fingerprint density at radius 1 is 1.45 bits per heavy atom. The van der Waals surface area contributed by atoms with Gasteiger partial charge in [-0.15, -0.1) is 11.8 Å². The number of hydrogen-bond donors (Lipinski definition) is 1. The Balaban J connectivity index is 1.82. The molecule has 0 saturated carbocycles. The first-order valence-corrected chi connectivity index (χ1v) is 8.30. The third-order valence-corrected chi connectivity index (χ3v) is 4.98. The molecule has 0 radical (unpaired) electrons. The molecule has 0 bridgehead atoms. The van der Waals surface area contributed by atoms with Gasteiger partial charge >= 0.3 is 0 Å². The van der Waals surface area contributed by atoms with Crippen LogP contribution in [0, 0.1) is 5.92 Å². The molecule has 2 unspecified atom stereocenters. The predicted octanol–water partition coefficient (Wildman–Crippen LogP) is 2.54. The fourth-order valence-corrected chi connectivity index (χ4v) is 3.46. The van der Waals surface area contributed by atoms with Crippen molar-refractivity contribution in [2.45, 2.75) is 30.8 Å². The minimum absolute atomic E-state index is 0.0207. The summed E-state index contributed by atoms with van der Waals surface area (Å²) in [5.74, 6) is 1.34. The lowest BCUT2D eigenvalue weighted by molar-refractivity contribution is -0.132. The Bertz CT molecular complexity index is 424. The Hall–Kier alpha value is -1.00. The Morgan fingerprint density at radius 2 is 2.20 bits per heavy atom. The van der Waals surface area contributed by atoms with E-state index in [4.69, 9.17) is 0 Å². The maximum absolute atomic E-state index is 12.4. The highest BCUT2D eigenvalue weighted by atomic mass is 32.2. The number of hydrogen-bond acceptors (Lipinski definition) is 3. The molecular weight excluding hydrogens is 270 g/mol. The van der Waals surface area contributed by atoms with Gasteiger partial charge in [-0.25, -0.2) is 0 Å². The van der Waals surface area contributed by atoms with Gasteiger partial charge in [-0.1, -0.05) is 30.3 Å². The van der Waals surface area contributed by atoms with Gasteiger partial charge in [0.05, 0.1) is 5.25 Å². The lowest BCUT2D eigenvalue weighted by atomic mass is 9.99. The van der Waals surface area contributed by atoms with Crippen molar-refractivity contribution in [3.05, 3.63) is 35.9 Å². The number of carbonyl (C=O) groups excluding carboxylic acids is 1. The number of likely N-dealkylation sites (tertiary alicyclic amines) is 1. The first-order chi connectivity index (χ1) is 9.70. The summed E-state index contributed by atoms with van der Waals surface area (Å²) in [4.78, 5) is 14.3. The number of piperidine rings is 1. The molecule has 1 N–H and O–H groups in total. The second kappa shape index (κ2) is 7.70. The molecule has 1 saturated heterocycles.